The van der Waals surface area contributed by atoms with Gasteiger partial charge in [-0.15, -0.1) is 0 Å². The van der Waals surface area contributed by atoms with E-state index in [4.69, 9.17) is 4.74 Å². The molecule has 47 heavy (non-hydrogen) atoms. The lowest BCUT2D eigenvalue weighted by Gasteiger charge is -2.37. The zero-order valence-corrected chi connectivity index (χ0v) is 24.3. The Hall–Kier alpha value is -5.74. The third-order valence-corrected chi connectivity index (χ3v) is 9.98. The van der Waals surface area contributed by atoms with Gasteiger partial charge in [-0.25, -0.2) is 0 Å². The molecule has 9 nitrogen and oxygen atoms in total. The van der Waals surface area contributed by atoms with Gasteiger partial charge in [0.15, 0.2) is 0 Å². The van der Waals surface area contributed by atoms with E-state index in [0.717, 1.165) is 0 Å². The number of ketones is 2. The fourth-order valence-electron chi connectivity index (χ4n) is 8.01. The molecule has 0 radical (unpaired) electrons. The molecule has 1 aliphatic heterocycles. The van der Waals surface area contributed by atoms with Crippen molar-refractivity contribution in [3.63, 3.8) is 0 Å². The molecule has 0 amide bonds. The summed E-state index contributed by atoms with van der Waals surface area (Å²) in [5.74, 6) is -11.2. The summed E-state index contributed by atoms with van der Waals surface area (Å²) in [6.45, 7) is 0. The highest BCUT2D eigenvalue weighted by Gasteiger charge is 2.73. The van der Waals surface area contributed by atoms with Crippen molar-refractivity contribution in [3.8, 4) is 45.3 Å². The molecule has 6 N–H and O–H groups in total. The predicted molar refractivity (Wildman–Crippen MR) is 171 cm³/mol. The first-order chi connectivity index (χ1) is 22.5. The number of Topliss-reactive ketones (excluding diaryl/α,β-unsaturated/α-hetero) is 2. The summed E-state index contributed by atoms with van der Waals surface area (Å²) in [6, 6.07) is 25.2. The molecule has 2 aliphatic carbocycles. The molecule has 9 rings (SSSR count). The Labute approximate surface area is 265 Å². The SMILES string of the molecule is O=C1c2c(-c3ccc(O)cc3)ccc3ccc(O)c(c23)C2C3c4c(O)ccc5ccc(-c6ccc(O)cc6)c(c45)C(=O)C3(O)OC12O. The summed E-state index contributed by atoms with van der Waals surface area (Å²) in [6.07, 6.45) is 0. The maximum Gasteiger partial charge on any atom is 0.242 e. The van der Waals surface area contributed by atoms with Crippen LogP contribution >= 0.6 is 0 Å². The quantitative estimate of drug-likeness (QED) is 0.139. The Balaban J connectivity index is 1.38. The summed E-state index contributed by atoms with van der Waals surface area (Å²) in [7, 11) is 0. The van der Waals surface area contributed by atoms with Crippen LogP contribution in [0.3, 0.4) is 0 Å². The van der Waals surface area contributed by atoms with Crippen LogP contribution in [0.5, 0.6) is 23.0 Å². The van der Waals surface area contributed by atoms with Crippen molar-refractivity contribution in [1.29, 1.82) is 0 Å². The van der Waals surface area contributed by atoms with Crippen LogP contribution in [-0.2, 0) is 4.74 Å². The van der Waals surface area contributed by atoms with Gasteiger partial charge in [-0.05, 0) is 69.4 Å². The number of hydrogen-bond donors (Lipinski definition) is 6. The van der Waals surface area contributed by atoms with Gasteiger partial charge >= 0.3 is 0 Å². The summed E-state index contributed by atoms with van der Waals surface area (Å²) in [5.41, 5.74) is 2.01. The van der Waals surface area contributed by atoms with Crippen LogP contribution in [-0.4, -0.2) is 53.8 Å². The van der Waals surface area contributed by atoms with Gasteiger partial charge in [0, 0.05) is 33.0 Å². The van der Waals surface area contributed by atoms with Crippen LogP contribution in [0.2, 0.25) is 0 Å². The van der Waals surface area contributed by atoms with Crippen LogP contribution in [0.25, 0.3) is 43.8 Å². The van der Waals surface area contributed by atoms with Crippen molar-refractivity contribution in [3.05, 3.63) is 119 Å². The largest absolute Gasteiger partial charge is 0.508 e. The molecule has 4 unspecified atom stereocenters. The number of carbonyl (C=O) groups is 2. The second-order valence-electron chi connectivity index (χ2n) is 12.4. The maximum atomic E-state index is 14.7. The summed E-state index contributed by atoms with van der Waals surface area (Å²) in [5, 5.41) is 69.3. The van der Waals surface area contributed by atoms with Crippen LogP contribution in [0, 0.1) is 0 Å². The monoisotopic (exact) mass is 624 g/mol. The molecule has 0 saturated carbocycles. The number of aliphatic hydroxyl groups is 2. The minimum Gasteiger partial charge on any atom is -0.508 e. The van der Waals surface area contributed by atoms with Crippen molar-refractivity contribution in [1.82, 2.24) is 0 Å². The number of phenols is 4. The summed E-state index contributed by atoms with van der Waals surface area (Å²) >= 11 is 0. The van der Waals surface area contributed by atoms with Crippen LogP contribution in [0.1, 0.15) is 43.7 Å². The van der Waals surface area contributed by atoms with E-state index in [2.05, 4.69) is 0 Å². The lowest BCUT2D eigenvalue weighted by atomic mass is 9.63. The lowest BCUT2D eigenvalue weighted by molar-refractivity contribution is -0.246. The zero-order valence-electron chi connectivity index (χ0n) is 24.3. The number of rotatable bonds is 2. The van der Waals surface area contributed by atoms with Gasteiger partial charge in [0.2, 0.25) is 23.1 Å². The Bertz CT molecular complexity index is 2230. The molecule has 3 aliphatic rings. The number of phenolic OH excluding ortho intramolecular Hbond substituents is 4. The number of benzene rings is 6. The third-order valence-electron chi connectivity index (χ3n) is 9.98. The normalized spacial score (nSPS) is 24.0. The lowest BCUT2D eigenvalue weighted by Crippen LogP contribution is -2.49. The maximum absolute atomic E-state index is 14.7. The molecule has 1 heterocycles. The van der Waals surface area contributed by atoms with Gasteiger partial charge in [-0.2, -0.15) is 0 Å². The van der Waals surface area contributed by atoms with E-state index in [9.17, 15) is 40.2 Å². The number of hydrogen-bond acceptors (Lipinski definition) is 9. The van der Waals surface area contributed by atoms with Crippen molar-refractivity contribution in [2.75, 3.05) is 0 Å². The smallest absolute Gasteiger partial charge is 0.242 e. The van der Waals surface area contributed by atoms with Gasteiger partial charge in [-0.1, -0.05) is 60.7 Å². The molecule has 0 bridgehead atoms. The average Bonchev–Trinajstić information content (AvgIpc) is 3.32. The molecular weight excluding hydrogens is 600 g/mol. The Kier molecular flexibility index (Phi) is 5.25. The number of ether oxygens (including phenoxy) is 1. The number of fused-ring (bicyclic) bond motifs is 5. The topological polar surface area (TPSA) is 165 Å². The zero-order chi connectivity index (χ0) is 32.6. The molecule has 4 atom stereocenters. The minimum absolute atomic E-state index is 0.00990. The second kappa shape index (κ2) is 8.95. The van der Waals surface area contributed by atoms with Crippen molar-refractivity contribution >= 4 is 33.1 Å². The van der Waals surface area contributed by atoms with Crippen LogP contribution < -0.4 is 0 Å². The molecule has 9 heteroatoms. The van der Waals surface area contributed by atoms with E-state index in [0.29, 0.717) is 43.8 Å². The highest BCUT2D eigenvalue weighted by atomic mass is 16.7. The molecule has 6 aromatic carbocycles. The number of aromatic hydroxyl groups is 4. The standard InChI is InChI=1S/C38H24O9/c39-21-9-1-17(2-10-21)23-13-5-19-7-15-25(41)31-27(19)29(23)35(43)37(45)33(31)34-32-26(42)16-8-20-6-14-24(18-3-11-22(40)12-4-18)30(28(20)32)36(44)38(34,46)47-37/h1-16,33-34,39-42,45-46H. The molecule has 6 aromatic rings. The van der Waals surface area contributed by atoms with Gasteiger partial charge < -0.3 is 35.4 Å². The minimum atomic E-state index is -2.85. The fourth-order valence-corrected chi connectivity index (χ4v) is 8.01. The molecule has 1 saturated heterocycles. The molecule has 1 fully saturated rings. The molecule has 230 valence electrons. The van der Waals surface area contributed by atoms with Crippen LogP contribution in [0.4, 0.5) is 0 Å². The van der Waals surface area contributed by atoms with E-state index >= 15 is 0 Å². The Morgan fingerprint density at radius 3 is 1.23 bits per heavy atom. The van der Waals surface area contributed by atoms with Gasteiger partial charge in [0.1, 0.15) is 23.0 Å². The van der Waals surface area contributed by atoms with Crippen molar-refractivity contribution < 1.29 is 45.0 Å². The summed E-state index contributed by atoms with van der Waals surface area (Å²) < 4.78 is 5.98. The van der Waals surface area contributed by atoms with E-state index in [1.165, 1.54) is 36.4 Å². The van der Waals surface area contributed by atoms with Crippen molar-refractivity contribution in [2.24, 2.45) is 0 Å². The third kappa shape index (κ3) is 3.37. The van der Waals surface area contributed by atoms with Gasteiger partial charge in [0.05, 0.1) is 11.8 Å². The van der Waals surface area contributed by atoms with Gasteiger partial charge in [0.25, 0.3) is 0 Å². The summed E-state index contributed by atoms with van der Waals surface area (Å²) in [4.78, 5) is 29.4. The van der Waals surface area contributed by atoms with Crippen LogP contribution in [0.15, 0.2) is 97.1 Å². The van der Waals surface area contributed by atoms with Crippen molar-refractivity contribution in [2.45, 2.75) is 23.4 Å². The Morgan fingerprint density at radius 2 is 0.851 bits per heavy atom. The average molecular weight is 625 g/mol. The highest BCUT2D eigenvalue weighted by Crippen LogP contribution is 2.66. The van der Waals surface area contributed by atoms with Gasteiger partial charge in [-0.3, -0.25) is 9.59 Å². The predicted octanol–water partition coefficient (Wildman–Crippen LogP) is 5.82. The van der Waals surface area contributed by atoms with E-state index < -0.39 is 35.0 Å². The van der Waals surface area contributed by atoms with E-state index in [1.807, 2.05) is 0 Å². The number of carbonyl (C=O) groups excluding carboxylic acids is 2. The second-order valence-corrected chi connectivity index (χ2v) is 12.4. The Morgan fingerprint density at radius 1 is 0.489 bits per heavy atom. The molecule has 0 spiro atoms. The van der Waals surface area contributed by atoms with E-state index in [-0.39, 0.29) is 45.3 Å². The molecular formula is C38H24O9. The highest BCUT2D eigenvalue weighted by molar-refractivity contribution is 6.23. The first-order valence-corrected chi connectivity index (χ1v) is 14.9. The fraction of sp³-hybridized carbons (Fsp3) is 0.105. The first kappa shape index (κ1) is 27.6. The first-order valence-electron chi connectivity index (χ1n) is 14.9. The van der Waals surface area contributed by atoms with E-state index in [1.54, 1.807) is 60.7 Å². The molecule has 0 aromatic heterocycles.